The van der Waals surface area contributed by atoms with Crippen molar-refractivity contribution < 1.29 is 19.2 Å². The van der Waals surface area contributed by atoms with Crippen molar-refractivity contribution >= 4 is 23.9 Å². The van der Waals surface area contributed by atoms with E-state index >= 15 is 0 Å². The molecule has 1 unspecified atom stereocenters. The first-order valence-electron chi connectivity index (χ1n) is 3.69. The molecular weight excluding hydrogens is 192 g/mol. The second-order valence-corrected chi connectivity index (χ2v) is 2.72. The summed E-state index contributed by atoms with van der Waals surface area (Å²) >= 11 is 0. The van der Waals surface area contributed by atoms with Crippen molar-refractivity contribution in [2.45, 2.75) is 6.17 Å². The molecule has 8 heteroatoms. The number of rotatable bonds is 1. The molecule has 0 saturated carbocycles. The number of nitrogens with one attached hydrogen (secondary N) is 1. The minimum Gasteiger partial charge on any atom is -0.307 e. The van der Waals surface area contributed by atoms with Crippen LogP contribution in [0, 0.1) is 0 Å². The lowest BCUT2D eigenvalue weighted by molar-refractivity contribution is -0.123. The van der Waals surface area contributed by atoms with Gasteiger partial charge >= 0.3 is 12.1 Å². The number of carbonyl (C=O) groups excluding carboxylic acids is 4. The van der Waals surface area contributed by atoms with Crippen molar-refractivity contribution in [1.29, 1.82) is 0 Å². The molecule has 2 aliphatic rings. The first-order valence-corrected chi connectivity index (χ1v) is 3.69. The van der Waals surface area contributed by atoms with Crippen molar-refractivity contribution in [1.82, 2.24) is 20.9 Å². The zero-order chi connectivity index (χ0) is 10.3. The highest BCUT2D eigenvalue weighted by molar-refractivity contribution is 6.08. The van der Waals surface area contributed by atoms with Crippen LogP contribution < -0.4 is 16.0 Å². The van der Waals surface area contributed by atoms with E-state index < -0.39 is 30.0 Å². The summed E-state index contributed by atoms with van der Waals surface area (Å²) in [5.41, 5.74) is 0. The maximum atomic E-state index is 11.0. The van der Waals surface area contributed by atoms with Crippen LogP contribution in [0.5, 0.6) is 0 Å². The molecule has 2 saturated heterocycles. The summed E-state index contributed by atoms with van der Waals surface area (Å²) in [6.45, 7) is -0.301. The summed E-state index contributed by atoms with van der Waals surface area (Å²) in [7, 11) is 0. The normalized spacial score (nSPS) is 26.3. The lowest BCUT2D eigenvalue weighted by Crippen LogP contribution is -2.47. The molecule has 72 valence electrons. The number of hydrogen-bond acceptors (Lipinski definition) is 4. The van der Waals surface area contributed by atoms with Crippen LogP contribution in [-0.2, 0) is 9.59 Å². The zero-order valence-electron chi connectivity index (χ0n) is 6.76. The molecule has 2 rings (SSSR count). The summed E-state index contributed by atoms with van der Waals surface area (Å²) in [4.78, 5) is 44.3. The van der Waals surface area contributed by atoms with Gasteiger partial charge in [-0.3, -0.25) is 14.5 Å². The predicted octanol–water partition coefficient (Wildman–Crippen LogP) is -2.27. The van der Waals surface area contributed by atoms with E-state index in [9.17, 15) is 19.2 Å². The van der Waals surface area contributed by atoms with E-state index in [0.29, 0.717) is 0 Å². The van der Waals surface area contributed by atoms with Crippen LogP contribution >= 0.6 is 0 Å². The van der Waals surface area contributed by atoms with E-state index in [1.54, 1.807) is 0 Å². The fourth-order valence-electron chi connectivity index (χ4n) is 1.20. The molecule has 1 atom stereocenters. The molecule has 8 nitrogen and oxygen atoms in total. The molecule has 6 amide bonds. The largest absolute Gasteiger partial charge is 0.349 e. The summed E-state index contributed by atoms with van der Waals surface area (Å²) in [6, 6.07) is -1.64. The second-order valence-electron chi connectivity index (χ2n) is 2.72. The Labute approximate surface area is 77.6 Å². The third-order valence-electron chi connectivity index (χ3n) is 1.79. The van der Waals surface area contributed by atoms with Gasteiger partial charge in [-0.05, 0) is 0 Å². The van der Waals surface area contributed by atoms with E-state index in [0.717, 1.165) is 4.90 Å². The second kappa shape index (κ2) is 2.69. The SMILES string of the molecule is O=C1CN(C2NC(=O)[N]C2=O)C(=O)[N]1. The first-order chi connectivity index (χ1) is 6.58. The van der Waals surface area contributed by atoms with Gasteiger partial charge in [0.15, 0.2) is 6.17 Å². The van der Waals surface area contributed by atoms with Crippen LogP contribution in [0.2, 0.25) is 0 Å². The van der Waals surface area contributed by atoms with Crippen molar-refractivity contribution in [2.24, 2.45) is 0 Å². The Morgan fingerprint density at radius 3 is 2.36 bits per heavy atom. The van der Waals surface area contributed by atoms with Gasteiger partial charge in [0, 0.05) is 0 Å². The summed E-state index contributed by atoms with van der Waals surface area (Å²) in [5, 5.41) is 8.25. The van der Waals surface area contributed by atoms with Crippen LogP contribution in [0.1, 0.15) is 0 Å². The quantitative estimate of drug-likeness (QED) is 0.476. The smallest absolute Gasteiger partial charge is 0.307 e. The van der Waals surface area contributed by atoms with Crippen molar-refractivity contribution in [3.05, 3.63) is 0 Å². The Bertz CT molecular complexity index is 318. The highest BCUT2D eigenvalue weighted by Crippen LogP contribution is 2.08. The molecule has 0 aromatic rings. The topological polar surface area (TPSA) is 112 Å². The molecule has 0 spiro atoms. The fraction of sp³-hybridized carbons (Fsp3) is 0.333. The molecule has 0 aromatic carbocycles. The maximum Gasteiger partial charge on any atom is 0.349 e. The van der Waals surface area contributed by atoms with Crippen molar-refractivity contribution in [2.75, 3.05) is 6.54 Å². The average molecular weight is 196 g/mol. The van der Waals surface area contributed by atoms with E-state index in [1.165, 1.54) is 0 Å². The molecule has 2 fully saturated rings. The lowest BCUT2D eigenvalue weighted by Gasteiger charge is -2.17. The Balaban J connectivity index is 2.16. The highest BCUT2D eigenvalue weighted by Gasteiger charge is 2.43. The van der Waals surface area contributed by atoms with Gasteiger partial charge in [0.25, 0.3) is 11.8 Å². The Hall–Kier alpha value is -2.12. The molecule has 2 radical (unpaired) electrons. The Morgan fingerprint density at radius 2 is 1.93 bits per heavy atom. The van der Waals surface area contributed by atoms with Gasteiger partial charge in [-0.1, -0.05) is 0 Å². The van der Waals surface area contributed by atoms with Crippen LogP contribution in [0.3, 0.4) is 0 Å². The monoisotopic (exact) mass is 196 g/mol. The van der Waals surface area contributed by atoms with Gasteiger partial charge < -0.3 is 5.32 Å². The maximum absolute atomic E-state index is 11.0. The summed E-state index contributed by atoms with van der Waals surface area (Å²) in [5.74, 6) is -1.42. The minimum atomic E-state index is -1.18. The van der Waals surface area contributed by atoms with Gasteiger partial charge in [-0.25, -0.2) is 9.59 Å². The number of carbonyl (C=O) groups is 4. The molecule has 0 bridgehead atoms. The van der Waals surface area contributed by atoms with E-state index in [4.69, 9.17) is 0 Å². The third-order valence-corrected chi connectivity index (χ3v) is 1.79. The van der Waals surface area contributed by atoms with Crippen LogP contribution in [-0.4, -0.2) is 41.5 Å². The van der Waals surface area contributed by atoms with Gasteiger partial charge in [0.1, 0.15) is 6.54 Å². The molecule has 2 heterocycles. The number of nitrogens with zero attached hydrogens (tertiary/aromatic N) is 3. The number of urea groups is 2. The van der Waals surface area contributed by atoms with Gasteiger partial charge in [0.2, 0.25) is 0 Å². The van der Waals surface area contributed by atoms with E-state index in [-0.39, 0.29) is 6.54 Å². The average Bonchev–Trinajstić information content (AvgIpc) is 2.55. The highest BCUT2D eigenvalue weighted by atomic mass is 16.2. The summed E-state index contributed by atoms with van der Waals surface area (Å²) < 4.78 is 0. The zero-order valence-corrected chi connectivity index (χ0v) is 6.76. The van der Waals surface area contributed by atoms with Crippen molar-refractivity contribution in [3.63, 3.8) is 0 Å². The first kappa shape index (κ1) is 8.48. The Kier molecular flexibility index (Phi) is 1.63. The Morgan fingerprint density at radius 1 is 1.21 bits per heavy atom. The molecule has 14 heavy (non-hydrogen) atoms. The summed E-state index contributed by atoms with van der Waals surface area (Å²) in [6.07, 6.45) is -1.18. The number of amides is 6. The van der Waals surface area contributed by atoms with Crippen LogP contribution in [0.15, 0.2) is 0 Å². The van der Waals surface area contributed by atoms with Gasteiger partial charge in [-0.2, -0.15) is 10.6 Å². The number of hydrogen-bond donors (Lipinski definition) is 1. The standard InChI is InChI=1S/C6H4N4O4/c11-2-1-10(6(14)7-2)3-4(12)9-5(13)8-3/h3H,1H2,(H,8,13). The van der Waals surface area contributed by atoms with E-state index in [1.807, 2.05) is 0 Å². The molecule has 0 aromatic heterocycles. The van der Waals surface area contributed by atoms with Crippen molar-refractivity contribution in [3.8, 4) is 0 Å². The van der Waals surface area contributed by atoms with Crippen LogP contribution in [0.25, 0.3) is 0 Å². The molecular formula is C6H4N4O4. The van der Waals surface area contributed by atoms with Crippen LogP contribution in [0.4, 0.5) is 9.59 Å². The fourth-order valence-corrected chi connectivity index (χ4v) is 1.20. The minimum absolute atomic E-state index is 0.301. The molecule has 1 N–H and O–H groups in total. The molecule has 0 aliphatic carbocycles. The van der Waals surface area contributed by atoms with E-state index in [2.05, 4.69) is 16.0 Å². The van der Waals surface area contributed by atoms with Gasteiger partial charge in [-0.15, -0.1) is 0 Å². The lowest BCUT2D eigenvalue weighted by atomic mass is 10.4. The molecule has 2 aliphatic heterocycles. The number of imide groups is 2. The predicted molar refractivity (Wildman–Crippen MR) is 38.7 cm³/mol. The van der Waals surface area contributed by atoms with Gasteiger partial charge in [0.05, 0.1) is 0 Å². The third kappa shape index (κ3) is 1.16.